The Morgan fingerprint density at radius 3 is 2.60 bits per heavy atom. The van der Waals surface area contributed by atoms with E-state index in [4.69, 9.17) is 4.74 Å². The van der Waals surface area contributed by atoms with Gasteiger partial charge in [0.15, 0.2) is 0 Å². The Kier molecular flexibility index (Phi) is 4.12. The molecular formula is C11H15NO3. The molecule has 0 spiro atoms. The highest BCUT2D eigenvalue weighted by molar-refractivity contribution is 5.96. The number of carbonyl (C=O) groups is 1. The number of rotatable bonds is 4. The van der Waals surface area contributed by atoms with E-state index in [0.29, 0.717) is 11.3 Å². The summed E-state index contributed by atoms with van der Waals surface area (Å²) in [5.41, 5.74) is 2.72. The van der Waals surface area contributed by atoms with E-state index in [2.05, 4.69) is 10.3 Å². The lowest BCUT2D eigenvalue weighted by Gasteiger charge is -2.13. The van der Waals surface area contributed by atoms with Gasteiger partial charge in [-0.2, -0.15) is 0 Å². The summed E-state index contributed by atoms with van der Waals surface area (Å²) >= 11 is 0. The van der Waals surface area contributed by atoms with Crippen LogP contribution in [0.15, 0.2) is 24.3 Å². The molecule has 1 amide bonds. The van der Waals surface area contributed by atoms with Crippen molar-refractivity contribution in [3.8, 4) is 5.75 Å². The number of hydrogen-bond acceptors (Lipinski definition) is 3. The quantitative estimate of drug-likeness (QED) is 0.769. The van der Waals surface area contributed by atoms with Gasteiger partial charge in [-0.15, -0.1) is 0 Å². The van der Waals surface area contributed by atoms with E-state index in [1.54, 1.807) is 18.2 Å². The van der Waals surface area contributed by atoms with E-state index in [1.165, 1.54) is 7.11 Å². The molecule has 4 heteroatoms. The van der Waals surface area contributed by atoms with Crippen LogP contribution in [0.5, 0.6) is 5.75 Å². The molecule has 82 valence electrons. The van der Waals surface area contributed by atoms with E-state index in [9.17, 15) is 4.79 Å². The molecule has 0 aliphatic rings. The maximum absolute atomic E-state index is 11.5. The van der Waals surface area contributed by atoms with Crippen LogP contribution in [-0.4, -0.2) is 19.1 Å². The minimum absolute atomic E-state index is 0.0292. The van der Waals surface area contributed by atoms with Gasteiger partial charge in [-0.3, -0.25) is 9.63 Å². The number of hydroxylamine groups is 1. The molecule has 0 aliphatic carbocycles. The van der Waals surface area contributed by atoms with Gasteiger partial charge in [0.2, 0.25) is 0 Å². The van der Waals surface area contributed by atoms with Gasteiger partial charge in [0.1, 0.15) is 5.75 Å². The highest BCUT2D eigenvalue weighted by atomic mass is 16.6. The molecule has 4 nitrogen and oxygen atoms in total. The van der Waals surface area contributed by atoms with E-state index in [1.807, 2.05) is 19.9 Å². The monoisotopic (exact) mass is 209 g/mol. The smallest absolute Gasteiger partial charge is 0.278 e. The molecule has 0 saturated heterocycles. The molecule has 0 saturated carbocycles. The van der Waals surface area contributed by atoms with Crippen LogP contribution in [0.1, 0.15) is 24.2 Å². The molecule has 0 atom stereocenters. The second-order valence-electron chi connectivity index (χ2n) is 3.30. The summed E-state index contributed by atoms with van der Waals surface area (Å²) in [5, 5.41) is 0. The topological polar surface area (TPSA) is 47.6 Å². The van der Waals surface area contributed by atoms with Crippen LogP contribution >= 0.6 is 0 Å². The second kappa shape index (κ2) is 5.36. The average Bonchev–Trinajstić information content (AvgIpc) is 2.18. The van der Waals surface area contributed by atoms with Crippen molar-refractivity contribution in [3.05, 3.63) is 29.8 Å². The first-order valence-electron chi connectivity index (χ1n) is 4.74. The number of nitrogens with one attached hydrogen (secondary N) is 1. The molecular weight excluding hydrogens is 194 g/mol. The van der Waals surface area contributed by atoms with Crippen molar-refractivity contribution in [2.75, 3.05) is 7.11 Å². The highest BCUT2D eigenvalue weighted by Crippen LogP contribution is 2.18. The van der Waals surface area contributed by atoms with Crippen LogP contribution in [0.25, 0.3) is 0 Å². The molecule has 0 bridgehead atoms. The summed E-state index contributed by atoms with van der Waals surface area (Å²) < 4.78 is 5.50. The van der Waals surface area contributed by atoms with Crippen LogP contribution in [0.2, 0.25) is 0 Å². The number of amides is 1. The second-order valence-corrected chi connectivity index (χ2v) is 3.30. The van der Waals surface area contributed by atoms with Crippen molar-refractivity contribution in [1.29, 1.82) is 0 Å². The fraction of sp³-hybridized carbons (Fsp3) is 0.364. The van der Waals surface area contributed by atoms with Gasteiger partial charge in [0.05, 0.1) is 18.8 Å². The maximum atomic E-state index is 11.5. The SMILES string of the molecule is CONC(=O)c1ccccc1OC(C)C. The van der Waals surface area contributed by atoms with Gasteiger partial charge in [0.25, 0.3) is 5.91 Å². The molecule has 0 fully saturated rings. The zero-order chi connectivity index (χ0) is 11.3. The molecule has 0 unspecified atom stereocenters. The Hall–Kier alpha value is -1.55. The third kappa shape index (κ3) is 3.25. The van der Waals surface area contributed by atoms with E-state index in [-0.39, 0.29) is 12.0 Å². The number of benzene rings is 1. The van der Waals surface area contributed by atoms with Gasteiger partial charge in [-0.25, -0.2) is 5.48 Å². The molecule has 1 aromatic carbocycles. The maximum Gasteiger partial charge on any atom is 0.278 e. The average molecular weight is 209 g/mol. The molecule has 0 radical (unpaired) electrons. The standard InChI is InChI=1S/C11H15NO3/c1-8(2)15-10-7-5-4-6-9(10)11(13)12-14-3/h4-8H,1-3H3,(H,12,13). The molecule has 1 aromatic rings. The molecule has 0 aliphatic heterocycles. The predicted octanol–water partition coefficient (Wildman–Crippen LogP) is 1.77. The van der Waals surface area contributed by atoms with Crippen LogP contribution in [-0.2, 0) is 4.84 Å². The van der Waals surface area contributed by atoms with Crippen molar-refractivity contribution in [2.45, 2.75) is 20.0 Å². The fourth-order valence-corrected chi connectivity index (χ4v) is 1.16. The molecule has 15 heavy (non-hydrogen) atoms. The lowest BCUT2D eigenvalue weighted by molar-refractivity contribution is 0.0532. The summed E-state index contributed by atoms with van der Waals surface area (Å²) in [5.74, 6) is 0.246. The van der Waals surface area contributed by atoms with Gasteiger partial charge in [0, 0.05) is 0 Å². The zero-order valence-electron chi connectivity index (χ0n) is 9.11. The molecule has 1 N–H and O–H groups in total. The minimum atomic E-state index is -0.311. The summed E-state index contributed by atoms with van der Waals surface area (Å²) in [7, 11) is 1.39. The summed E-state index contributed by atoms with van der Waals surface area (Å²) in [6.07, 6.45) is 0.0292. The Bertz CT molecular complexity index is 336. The van der Waals surface area contributed by atoms with Crippen LogP contribution < -0.4 is 10.2 Å². The first kappa shape index (κ1) is 11.5. The first-order chi connectivity index (χ1) is 7.15. The first-order valence-corrected chi connectivity index (χ1v) is 4.74. The van der Waals surface area contributed by atoms with Gasteiger partial charge in [-0.05, 0) is 26.0 Å². The van der Waals surface area contributed by atoms with E-state index < -0.39 is 0 Å². The Labute approximate surface area is 89.1 Å². The van der Waals surface area contributed by atoms with Crippen molar-refractivity contribution < 1.29 is 14.4 Å². The number of hydrogen-bond donors (Lipinski definition) is 1. The van der Waals surface area contributed by atoms with Gasteiger partial charge in [-0.1, -0.05) is 12.1 Å². The lowest BCUT2D eigenvalue weighted by Crippen LogP contribution is -2.23. The van der Waals surface area contributed by atoms with E-state index >= 15 is 0 Å². The number of para-hydroxylation sites is 1. The fourth-order valence-electron chi connectivity index (χ4n) is 1.16. The van der Waals surface area contributed by atoms with Crippen LogP contribution in [0, 0.1) is 0 Å². The number of carbonyl (C=O) groups excluding carboxylic acids is 1. The summed E-state index contributed by atoms with van der Waals surface area (Å²) in [6.45, 7) is 3.82. The Morgan fingerprint density at radius 1 is 1.33 bits per heavy atom. The molecule has 1 rings (SSSR count). The van der Waals surface area contributed by atoms with Crippen molar-refractivity contribution in [3.63, 3.8) is 0 Å². The van der Waals surface area contributed by atoms with E-state index in [0.717, 1.165) is 0 Å². The van der Waals surface area contributed by atoms with Crippen molar-refractivity contribution in [2.24, 2.45) is 0 Å². The summed E-state index contributed by atoms with van der Waals surface area (Å²) in [6, 6.07) is 7.04. The third-order valence-electron chi connectivity index (χ3n) is 1.69. The van der Waals surface area contributed by atoms with Crippen molar-refractivity contribution in [1.82, 2.24) is 5.48 Å². The zero-order valence-corrected chi connectivity index (χ0v) is 9.11. The normalized spacial score (nSPS) is 10.1. The molecule has 0 heterocycles. The highest BCUT2D eigenvalue weighted by Gasteiger charge is 2.12. The Morgan fingerprint density at radius 2 is 2.00 bits per heavy atom. The predicted molar refractivity (Wildman–Crippen MR) is 56.7 cm³/mol. The molecule has 0 aromatic heterocycles. The van der Waals surface area contributed by atoms with Gasteiger partial charge >= 0.3 is 0 Å². The number of ether oxygens (including phenoxy) is 1. The third-order valence-corrected chi connectivity index (χ3v) is 1.69. The van der Waals surface area contributed by atoms with Crippen LogP contribution in [0.3, 0.4) is 0 Å². The van der Waals surface area contributed by atoms with Gasteiger partial charge < -0.3 is 4.74 Å². The van der Waals surface area contributed by atoms with Crippen LogP contribution in [0.4, 0.5) is 0 Å². The largest absolute Gasteiger partial charge is 0.490 e. The lowest BCUT2D eigenvalue weighted by atomic mass is 10.2. The Balaban J connectivity index is 2.90. The summed E-state index contributed by atoms with van der Waals surface area (Å²) in [4.78, 5) is 16.1. The minimum Gasteiger partial charge on any atom is -0.490 e. The van der Waals surface area contributed by atoms with Crippen molar-refractivity contribution >= 4 is 5.91 Å².